The van der Waals surface area contributed by atoms with Gasteiger partial charge in [-0.3, -0.25) is 9.10 Å². The monoisotopic (exact) mass is 480 g/mol. The number of benzene rings is 3. The van der Waals surface area contributed by atoms with Gasteiger partial charge in [0.25, 0.3) is 10.0 Å². The summed E-state index contributed by atoms with van der Waals surface area (Å²) in [5.74, 6) is -1.16. The largest absolute Gasteiger partial charge is 0.462 e. The predicted octanol–water partition coefficient (Wildman–Crippen LogP) is 4.57. The molecule has 1 amide bonds. The highest BCUT2D eigenvalue weighted by molar-refractivity contribution is 7.92. The highest BCUT2D eigenvalue weighted by Gasteiger charge is 2.29. The summed E-state index contributed by atoms with van der Waals surface area (Å²) < 4.78 is 33.4. The van der Waals surface area contributed by atoms with Gasteiger partial charge in [0, 0.05) is 0 Å². The maximum Gasteiger partial charge on any atom is 0.340 e. The molecule has 0 aliphatic rings. The summed E-state index contributed by atoms with van der Waals surface area (Å²) in [6.07, 6.45) is 0.587. The molecule has 178 valence electrons. The molecule has 0 unspecified atom stereocenters. The highest BCUT2D eigenvalue weighted by Crippen LogP contribution is 2.28. The van der Waals surface area contributed by atoms with Gasteiger partial charge in [0.2, 0.25) is 5.91 Å². The second-order valence-electron chi connectivity index (χ2n) is 7.62. The van der Waals surface area contributed by atoms with Gasteiger partial charge in [-0.1, -0.05) is 55.0 Å². The van der Waals surface area contributed by atoms with Crippen LogP contribution in [0.5, 0.6) is 0 Å². The average molecular weight is 481 g/mol. The van der Waals surface area contributed by atoms with E-state index in [0.717, 1.165) is 15.4 Å². The Labute approximate surface area is 200 Å². The van der Waals surface area contributed by atoms with Crippen molar-refractivity contribution in [2.45, 2.75) is 32.1 Å². The van der Waals surface area contributed by atoms with Gasteiger partial charge in [0.1, 0.15) is 6.54 Å². The zero-order valence-electron chi connectivity index (χ0n) is 19.4. The van der Waals surface area contributed by atoms with Gasteiger partial charge < -0.3 is 10.1 Å². The van der Waals surface area contributed by atoms with Crippen molar-refractivity contribution >= 4 is 33.3 Å². The minimum absolute atomic E-state index is 0.0868. The first-order valence-corrected chi connectivity index (χ1v) is 12.4. The third-order valence-corrected chi connectivity index (χ3v) is 7.01. The maximum absolute atomic E-state index is 13.6. The van der Waals surface area contributed by atoms with Gasteiger partial charge >= 0.3 is 5.97 Å². The number of hydrogen-bond donors (Lipinski definition) is 1. The van der Waals surface area contributed by atoms with Crippen LogP contribution in [0.2, 0.25) is 0 Å². The van der Waals surface area contributed by atoms with E-state index < -0.39 is 28.4 Å². The number of carbonyl (C=O) groups is 2. The Morgan fingerprint density at radius 2 is 1.56 bits per heavy atom. The van der Waals surface area contributed by atoms with Crippen molar-refractivity contribution in [1.82, 2.24) is 0 Å². The molecule has 0 saturated carbocycles. The minimum Gasteiger partial charge on any atom is -0.462 e. The molecule has 0 aliphatic heterocycles. The van der Waals surface area contributed by atoms with Crippen LogP contribution in [0.15, 0.2) is 77.7 Å². The van der Waals surface area contributed by atoms with E-state index in [9.17, 15) is 18.0 Å². The molecule has 0 saturated heterocycles. The molecule has 0 aromatic heterocycles. The van der Waals surface area contributed by atoms with E-state index in [1.54, 1.807) is 55.5 Å². The van der Waals surface area contributed by atoms with Crippen molar-refractivity contribution in [3.8, 4) is 0 Å². The number of sulfonamides is 1. The number of nitrogens with zero attached hydrogens (tertiary/aromatic N) is 1. The van der Waals surface area contributed by atoms with E-state index in [1.165, 1.54) is 12.1 Å². The van der Waals surface area contributed by atoms with Crippen LogP contribution in [-0.4, -0.2) is 33.4 Å². The Balaban J connectivity index is 1.98. The van der Waals surface area contributed by atoms with Crippen LogP contribution >= 0.6 is 0 Å². The van der Waals surface area contributed by atoms with Crippen molar-refractivity contribution in [2.24, 2.45) is 0 Å². The number of anilines is 2. The lowest BCUT2D eigenvalue weighted by Gasteiger charge is -2.26. The Morgan fingerprint density at radius 3 is 2.24 bits per heavy atom. The Morgan fingerprint density at radius 1 is 0.912 bits per heavy atom. The molecule has 0 aliphatic carbocycles. The van der Waals surface area contributed by atoms with Gasteiger partial charge in [-0.25, -0.2) is 13.2 Å². The first kappa shape index (κ1) is 25.0. The topological polar surface area (TPSA) is 92.8 Å². The van der Waals surface area contributed by atoms with Crippen molar-refractivity contribution in [3.63, 3.8) is 0 Å². The average Bonchev–Trinajstić information content (AvgIpc) is 2.83. The fraction of sp³-hybridized carbons (Fsp3) is 0.231. The van der Waals surface area contributed by atoms with Crippen molar-refractivity contribution in [2.75, 3.05) is 22.8 Å². The lowest BCUT2D eigenvalue weighted by molar-refractivity contribution is -0.114. The maximum atomic E-state index is 13.6. The van der Waals surface area contributed by atoms with E-state index in [0.29, 0.717) is 12.1 Å². The first-order valence-electron chi connectivity index (χ1n) is 11.0. The van der Waals surface area contributed by atoms with Crippen LogP contribution in [0.4, 0.5) is 11.4 Å². The number of rotatable bonds is 9. The highest BCUT2D eigenvalue weighted by atomic mass is 32.2. The van der Waals surface area contributed by atoms with Gasteiger partial charge in [0.15, 0.2) is 0 Å². The van der Waals surface area contributed by atoms with Crippen molar-refractivity contribution in [1.29, 1.82) is 0 Å². The molecule has 0 spiro atoms. The number of carbonyl (C=O) groups excluding carboxylic acids is 2. The molecule has 0 atom stereocenters. The lowest BCUT2D eigenvalue weighted by atomic mass is 10.1. The first-order chi connectivity index (χ1) is 16.3. The number of ether oxygens (including phenoxy) is 1. The smallest absolute Gasteiger partial charge is 0.340 e. The number of aryl methyl sites for hydroxylation is 2. The fourth-order valence-electron chi connectivity index (χ4n) is 3.49. The molecule has 8 heteroatoms. The second kappa shape index (κ2) is 11.0. The molecular weight excluding hydrogens is 452 g/mol. The summed E-state index contributed by atoms with van der Waals surface area (Å²) in [4.78, 5) is 25.4. The standard InChI is InChI=1S/C26H28N2O5S/c1-4-20-10-6-9-13-24(20)28(34(31,32)21-16-14-19(3)15-17-21)18-25(29)27-23-12-8-7-11-22(23)26(30)33-5-2/h6-17H,4-5,18H2,1-3H3,(H,27,29). The number of amides is 1. The van der Waals surface area contributed by atoms with Crippen LogP contribution in [0.25, 0.3) is 0 Å². The Bertz CT molecular complexity index is 1270. The number of esters is 1. The van der Waals surface area contributed by atoms with Gasteiger partial charge in [-0.05, 0) is 56.2 Å². The molecule has 0 heterocycles. The Kier molecular flexibility index (Phi) is 8.07. The molecule has 0 radical (unpaired) electrons. The zero-order chi connectivity index (χ0) is 24.7. The van der Waals surface area contributed by atoms with E-state index in [4.69, 9.17) is 4.74 Å². The van der Waals surface area contributed by atoms with E-state index in [-0.39, 0.29) is 22.8 Å². The van der Waals surface area contributed by atoms with Crippen molar-refractivity contribution in [3.05, 3.63) is 89.5 Å². The quantitative estimate of drug-likeness (QED) is 0.453. The van der Waals surface area contributed by atoms with Crippen molar-refractivity contribution < 1.29 is 22.7 Å². The van der Waals surface area contributed by atoms with Crippen LogP contribution in [0, 0.1) is 6.92 Å². The number of para-hydroxylation sites is 2. The summed E-state index contributed by atoms with van der Waals surface area (Å²) in [5.41, 5.74) is 2.59. The van der Waals surface area contributed by atoms with Crippen LogP contribution in [0.3, 0.4) is 0 Å². The molecule has 3 rings (SSSR count). The predicted molar refractivity (Wildman–Crippen MR) is 133 cm³/mol. The Hall–Kier alpha value is -3.65. The van der Waals surface area contributed by atoms with E-state index in [1.807, 2.05) is 26.0 Å². The van der Waals surface area contributed by atoms with Crippen LogP contribution in [-0.2, 0) is 26.0 Å². The van der Waals surface area contributed by atoms with Gasteiger partial charge in [-0.2, -0.15) is 0 Å². The molecule has 0 bridgehead atoms. The van der Waals surface area contributed by atoms with Crippen LogP contribution < -0.4 is 9.62 Å². The summed E-state index contributed by atoms with van der Waals surface area (Å²) in [5, 5.41) is 2.67. The molecular formula is C26H28N2O5S. The molecule has 3 aromatic rings. The second-order valence-corrected chi connectivity index (χ2v) is 9.48. The lowest BCUT2D eigenvalue weighted by Crippen LogP contribution is -2.39. The third-order valence-electron chi connectivity index (χ3n) is 5.23. The SMILES string of the molecule is CCOC(=O)c1ccccc1NC(=O)CN(c1ccccc1CC)S(=O)(=O)c1ccc(C)cc1. The number of nitrogens with one attached hydrogen (secondary N) is 1. The van der Waals surface area contributed by atoms with Gasteiger partial charge in [0.05, 0.1) is 28.4 Å². The summed E-state index contributed by atoms with van der Waals surface area (Å²) in [6.45, 7) is 5.21. The normalized spacial score (nSPS) is 11.0. The molecule has 1 N–H and O–H groups in total. The zero-order valence-corrected chi connectivity index (χ0v) is 20.3. The minimum atomic E-state index is -4.05. The number of hydrogen-bond acceptors (Lipinski definition) is 5. The third kappa shape index (κ3) is 5.63. The summed E-state index contributed by atoms with van der Waals surface area (Å²) >= 11 is 0. The molecule has 0 fully saturated rings. The fourth-order valence-corrected chi connectivity index (χ4v) is 4.95. The molecule has 34 heavy (non-hydrogen) atoms. The summed E-state index contributed by atoms with van der Waals surface area (Å²) in [6, 6.07) is 20.0. The van der Waals surface area contributed by atoms with Gasteiger partial charge in [-0.15, -0.1) is 0 Å². The summed E-state index contributed by atoms with van der Waals surface area (Å²) in [7, 11) is -4.05. The molecule has 3 aromatic carbocycles. The van der Waals surface area contributed by atoms with E-state index in [2.05, 4.69) is 5.32 Å². The molecule has 7 nitrogen and oxygen atoms in total. The van der Waals surface area contributed by atoms with E-state index >= 15 is 0 Å². The van der Waals surface area contributed by atoms with Crippen LogP contribution in [0.1, 0.15) is 35.3 Å².